The average molecular weight is 902 g/mol. The molecule has 3 aromatic rings. The summed E-state index contributed by atoms with van der Waals surface area (Å²) in [7, 11) is -2.52. The van der Waals surface area contributed by atoms with E-state index >= 15 is 0 Å². The first-order valence-electron chi connectivity index (χ1n) is 20.9. The molecule has 63 heavy (non-hydrogen) atoms. The average Bonchev–Trinajstić information content (AvgIpc) is 4.14. The maximum absolute atomic E-state index is 14.9. The van der Waals surface area contributed by atoms with Crippen LogP contribution < -0.4 is 24.8 Å². The number of hydrogen-bond donors (Lipinski definition) is 3. The standard InChI is InChI=1S/C44H51F4N5O9S/c1-24-8-6-7-9-28-22-43(28,40(56)52-63(58,59)32-15-16-32)51-37(54)35-21-31(23-53(35)39(55)36(25(2)18-24)50-41(57)62-42(3,4)44(46,47)48)61-38-33-17-14-30(60-5)19-27(33)20-34(49-38)26-10-12-29(45)13-11-26/h7,9-14,17,19-20,24-25,28,31-32,35-36H,6,8,15-16,18,21-23H2,1-5H3,(H,50,57)(H,51,54)(H,52,56)/b9-7-/t24-,25-,28-,31-,35+,36+,43-/m1/s1. The number of methoxy groups -OCH3 is 1. The zero-order valence-electron chi connectivity index (χ0n) is 35.5. The van der Waals surface area contributed by atoms with Crippen molar-refractivity contribution in [2.24, 2.45) is 17.8 Å². The fourth-order valence-corrected chi connectivity index (χ4v) is 9.66. The SMILES string of the molecule is COc1ccc2c(O[C@@H]3C[C@H]4C(=O)N[C@]5(C(=O)NS(=O)(=O)C6CC6)C[C@H]5/C=C\CC[C@@H](C)C[C@@H](C)[C@H](NC(=O)OC(C)(C)C(F)(F)F)C(=O)N4C3)nc(-c3ccc(F)cc3)cc2c1. The molecule has 2 aliphatic carbocycles. The molecular weight excluding hydrogens is 851 g/mol. The molecule has 0 spiro atoms. The zero-order valence-corrected chi connectivity index (χ0v) is 36.3. The van der Waals surface area contributed by atoms with E-state index in [2.05, 4.69) is 15.4 Å². The monoisotopic (exact) mass is 901 g/mol. The van der Waals surface area contributed by atoms with Crippen molar-refractivity contribution in [1.82, 2.24) is 25.2 Å². The minimum absolute atomic E-state index is 0.0676. The Labute approximate surface area is 362 Å². The van der Waals surface area contributed by atoms with Crippen LogP contribution in [0.25, 0.3) is 22.0 Å². The molecule has 2 aliphatic heterocycles. The van der Waals surface area contributed by atoms with Gasteiger partial charge in [-0.2, -0.15) is 13.2 Å². The highest BCUT2D eigenvalue weighted by Gasteiger charge is 2.62. The molecule has 2 aromatic carbocycles. The van der Waals surface area contributed by atoms with Crippen LogP contribution in [0.15, 0.2) is 60.7 Å². The molecular formula is C44H51F4N5O9S. The molecule has 0 radical (unpaired) electrons. The van der Waals surface area contributed by atoms with Gasteiger partial charge in [0.15, 0.2) is 0 Å². The molecule has 1 saturated heterocycles. The number of aromatic nitrogens is 1. The lowest BCUT2D eigenvalue weighted by molar-refractivity contribution is -0.244. The van der Waals surface area contributed by atoms with E-state index in [4.69, 9.17) is 19.2 Å². The number of halogens is 4. The van der Waals surface area contributed by atoms with Gasteiger partial charge in [0.25, 0.3) is 5.91 Å². The second-order valence-corrected chi connectivity index (χ2v) is 19.6. The fraction of sp³-hybridized carbons (Fsp3) is 0.523. The van der Waals surface area contributed by atoms with Crippen LogP contribution in [0.4, 0.5) is 22.4 Å². The number of carbonyl (C=O) groups excluding carboxylic acids is 4. The summed E-state index contributed by atoms with van der Waals surface area (Å²) in [5, 5.41) is 5.60. The van der Waals surface area contributed by atoms with Crippen LogP contribution in [0.3, 0.4) is 0 Å². The van der Waals surface area contributed by atoms with Crippen molar-refractivity contribution < 1.29 is 59.4 Å². The summed E-state index contributed by atoms with van der Waals surface area (Å²) < 4.78 is 100. The summed E-state index contributed by atoms with van der Waals surface area (Å²) in [6, 6.07) is 9.69. The van der Waals surface area contributed by atoms with Crippen molar-refractivity contribution in [3.63, 3.8) is 0 Å². The molecule has 4 amide bonds. The van der Waals surface area contributed by atoms with E-state index in [1.165, 1.54) is 19.2 Å². The normalized spacial score (nSPS) is 27.5. The Bertz CT molecular complexity index is 2410. The van der Waals surface area contributed by atoms with Crippen molar-refractivity contribution in [2.75, 3.05) is 13.7 Å². The molecule has 19 heteroatoms. The van der Waals surface area contributed by atoms with Gasteiger partial charge in [0.1, 0.15) is 35.3 Å². The molecule has 7 atom stereocenters. The van der Waals surface area contributed by atoms with E-state index in [0.29, 0.717) is 73.7 Å². The molecule has 0 bridgehead atoms. The Morgan fingerprint density at radius 3 is 2.38 bits per heavy atom. The van der Waals surface area contributed by atoms with E-state index in [-0.39, 0.29) is 31.2 Å². The van der Waals surface area contributed by atoms with E-state index in [0.717, 1.165) is 4.90 Å². The first kappa shape index (κ1) is 45.6. The van der Waals surface area contributed by atoms with Gasteiger partial charge in [0, 0.05) is 23.3 Å². The number of allylic oxidation sites excluding steroid dienone is 1. The molecule has 340 valence electrons. The molecule has 3 heterocycles. The van der Waals surface area contributed by atoms with Crippen LogP contribution in [0.1, 0.15) is 72.6 Å². The van der Waals surface area contributed by atoms with Gasteiger partial charge in [-0.3, -0.25) is 19.1 Å². The van der Waals surface area contributed by atoms with E-state index in [1.54, 1.807) is 49.4 Å². The Balaban J connectivity index is 1.26. The van der Waals surface area contributed by atoms with Crippen LogP contribution in [0.2, 0.25) is 0 Å². The highest BCUT2D eigenvalue weighted by atomic mass is 32.2. The molecule has 0 unspecified atom stereocenters. The van der Waals surface area contributed by atoms with Crippen molar-refractivity contribution in [3.05, 3.63) is 66.5 Å². The van der Waals surface area contributed by atoms with Crippen molar-refractivity contribution in [2.45, 2.75) is 113 Å². The summed E-state index contributed by atoms with van der Waals surface area (Å²) >= 11 is 0. The first-order valence-corrected chi connectivity index (χ1v) is 22.5. The molecule has 7 rings (SSSR count). The van der Waals surface area contributed by atoms with Gasteiger partial charge in [0.2, 0.25) is 33.3 Å². The fourth-order valence-electron chi connectivity index (χ4n) is 8.29. The number of rotatable bonds is 9. The number of nitrogens with one attached hydrogen (secondary N) is 3. The summed E-state index contributed by atoms with van der Waals surface area (Å²) in [5.74, 6) is -3.71. The van der Waals surface area contributed by atoms with Gasteiger partial charge in [-0.15, -0.1) is 0 Å². The number of hydrogen-bond acceptors (Lipinski definition) is 10. The largest absolute Gasteiger partial charge is 0.497 e. The van der Waals surface area contributed by atoms with Gasteiger partial charge in [0.05, 0.1) is 24.6 Å². The van der Waals surface area contributed by atoms with Crippen LogP contribution >= 0.6 is 0 Å². The van der Waals surface area contributed by atoms with Gasteiger partial charge in [-0.25, -0.2) is 22.6 Å². The highest BCUT2D eigenvalue weighted by Crippen LogP contribution is 2.46. The quantitative estimate of drug-likeness (QED) is 0.162. The number of fused-ring (bicyclic) bond motifs is 3. The van der Waals surface area contributed by atoms with Crippen LogP contribution in [0, 0.1) is 23.6 Å². The second kappa shape index (κ2) is 17.3. The number of amides is 4. The minimum atomic E-state index is -4.94. The van der Waals surface area contributed by atoms with E-state index < -0.39 is 92.2 Å². The van der Waals surface area contributed by atoms with Crippen molar-refractivity contribution >= 4 is 44.6 Å². The minimum Gasteiger partial charge on any atom is -0.497 e. The Morgan fingerprint density at radius 1 is 1.00 bits per heavy atom. The molecule has 3 N–H and O–H groups in total. The molecule has 1 aromatic heterocycles. The number of alkyl carbamates (subject to hydrolysis) is 1. The lowest BCUT2D eigenvalue weighted by Gasteiger charge is -2.34. The van der Waals surface area contributed by atoms with Crippen LogP contribution in [0.5, 0.6) is 11.6 Å². The van der Waals surface area contributed by atoms with Gasteiger partial charge < -0.3 is 29.7 Å². The number of sulfonamides is 1. The molecule has 14 nitrogen and oxygen atoms in total. The number of benzene rings is 2. The smallest absolute Gasteiger partial charge is 0.427 e. The number of alkyl halides is 3. The Kier molecular flexibility index (Phi) is 12.5. The number of nitrogens with zero attached hydrogens (tertiary/aromatic N) is 2. The van der Waals surface area contributed by atoms with Gasteiger partial charge in [-0.1, -0.05) is 26.0 Å². The third-order valence-corrected chi connectivity index (χ3v) is 14.2. The van der Waals surface area contributed by atoms with Crippen molar-refractivity contribution in [3.8, 4) is 22.9 Å². The lowest BCUT2D eigenvalue weighted by atomic mass is 9.88. The maximum atomic E-state index is 14.9. The maximum Gasteiger partial charge on any atom is 0.427 e. The second-order valence-electron chi connectivity index (χ2n) is 17.7. The predicted octanol–water partition coefficient (Wildman–Crippen LogP) is 6.33. The third-order valence-electron chi connectivity index (χ3n) is 12.3. The summed E-state index contributed by atoms with van der Waals surface area (Å²) in [4.78, 5) is 62.6. The van der Waals surface area contributed by atoms with E-state index in [9.17, 15) is 45.2 Å². The van der Waals surface area contributed by atoms with E-state index in [1.807, 2.05) is 13.0 Å². The van der Waals surface area contributed by atoms with Crippen molar-refractivity contribution in [1.29, 1.82) is 0 Å². The predicted molar refractivity (Wildman–Crippen MR) is 222 cm³/mol. The summed E-state index contributed by atoms with van der Waals surface area (Å²) in [6.45, 7) is 4.67. The summed E-state index contributed by atoms with van der Waals surface area (Å²) in [6.07, 6.45) is -1.66. The van der Waals surface area contributed by atoms with Gasteiger partial charge >= 0.3 is 12.3 Å². The van der Waals surface area contributed by atoms with Gasteiger partial charge in [-0.05, 0) is 118 Å². The third kappa shape index (κ3) is 9.87. The van der Waals surface area contributed by atoms with Crippen LogP contribution in [-0.4, -0.2) is 96.5 Å². The topological polar surface area (TPSA) is 182 Å². The van der Waals surface area contributed by atoms with Crippen LogP contribution in [-0.2, 0) is 29.1 Å². The molecule has 3 fully saturated rings. The zero-order chi connectivity index (χ0) is 45.6. The number of pyridine rings is 1. The molecule has 4 aliphatic rings. The lowest BCUT2D eigenvalue weighted by Crippen LogP contribution is -2.59. The Hall–Kier alpha value is -5.46. The number of ether oxygens (including phenoxy) is 3. The number of carbonyl (C=O) groups is 4. The summed E-state index contributed by atoms with van der Waals surface area (Å²) in [5.41, 5.74) is -3.63. The molecule has 2 saturated carbocycles. The first-order chi connectivity index (χ1) is 29.6. The Morgan fingerprint density at radius 2 is 1.71 bits per heavy atom. The highest BCUT2D eigenvalue weighted by molar-refractivity contribution is 7.91.